The molecule has 12 nitrogen and oxygen atoms in total. The Morgan fingerprint density at radius 2 is 1.33 bits per heavy atom. The van der Waals surface area contributed by atoms with E-state index in [0.29, 0.717) is 0 Å². The minimum atomic E-state index is -1.55. The van der Waals surface area contributed by atoms with Crippen molar-refractivity contribution in [2.45, 2.75) is 12.2 Å². The van der Waals surface area contributed by atoms with Gasteiger partial charge in [0.05, 0.1) is 16.7 Å². The van der Waals surface area contributed by atoms with Crippen LogP contribution in [0.1, 0.15) is 39.4 Å². The van der Waals surface area contributed by atoms with Crippen LogP contribution in [0.25, 0.3) is 11.0 Å². The Morgan fingerprint density at radius 3 is 2.08 bits per heavy atom. The molecule has 7 rings (SSSR count). The van der Waals surface area contributed by atoms with E-state index in [2.05, 4.69) is 49.9 Å². The number of aromatic amines is 1. The van der Waals surface area contributed by atoms with Crippen LogP contribution in [0.4, 0.5) is 27.8 Å². The van der Waals surface area contributed by atoms with Crippen molar-refractivity contribution in [2.24, 2.45) is 15.0 Å². The van der Waals surface area contributed by atoms with Crippen LogP contribution in [-0.4, -0.2) is 70.5 Å². The van der Waals surface area contributed by atoms with Crippen molar-refractivity contribution in [3.63, 3.8) is 0 Å². The van der Waals surface area contributed by atoms with E-state index >= 15 is 0 Å². The number of H-pyrrole nitrogens is 1. The fraction of sp³-hybridized carbons (Fsp3) is 0.100. The van der Waals surface area contributed by atoms with Crippen molar-refractivity contribution in [1.29, 1.82) is 5.41 Å². The Kier molecular flexibility index (Phi) is 4.73. The molecule has 19 heteroatoms. The first-order valence-corrected chi connectivity index (χ1v) is 11.2. The minimum Gasteiger partial charge on any atom is -0.356 e. The molecule has 39 heavy (non-hydrogen) atoms. The molecule has 4 aromatic heterocycles. The minimum absolute atomic E-state index is 0.0389. The lowest BCUT2D eigenvalue weighted by Crippen LogP contribution is -2.37. The number of alkyl halides is 1. The molecule has 0 amide bonds. The number of amidine groups is 4. The van der Waals surface area contributed by atoms with Crippen molar-refractivity contribution in [1.82, 2.24) is 39.7 Å². The number of halogens is 6. The molecule has 4 bridgehead atoms. The zero-order valence-corrected chi connectivity index (χ0v) is 19.7. The fourth-order valence-corrected chi connectivity index (χ4v) is 4.43. The van der Waals surface area contributed by atoms with Crippen LogP contribution < -0.4 is 0 Å². The molecule has 0 saturated carbocycles. The summed E-state index contributed by atoms with van der Waals surface area (Å²) in [7, 11) is 1.17. The Morgan fingerprint density at radius 1 is 0.744 bits per heavy atom. The number of nitrogens with zero attached hydrogens (tertiary/aromatic N) is 10. The molecule has 3 aliphatic heterocycles. The van der Waals surface area contributed by atoms with Crippen molar-refractivity contribution in [2.75, 3.05) is 0 Å². The average Bonchev–Trinajstić information content (AvgIpc) is 3.47. The zero-order valence-electron chi connectivity index (χ0n) is 18.9. The molecule has 0 aromatic carbocycles. The van der Waals surface area contributed by atoms with Crippen LogP contribution >= 0.6 is 11.6 Å². The monoisotopic (exact) mass is 555 g/mol. The Labute approximate surface area is 217 Å². The van der Waals surface area contributed by atoms with Crippen LogP contribution in [0.15, 0.2) is 15.0 Å². The third-order valence-electron chi connectivity index (χ3n) is 5.90. The number of aryl methyl sites for hydroxylation is 1. The lowest BCUT2D eigenvalue weighted by molar-refractivity contribution is 0.451. The highest BCUT2D eigenvalue weighted by atomic mass is 35.5. The second-order valence-electron chi connectivity index (χ2n) is 8.26. The van der Waals surface area contributed by atoms with Gasteiger partial charge in [0.15, 0.2) is 23.3 Å². The van der Waals surface area contributed by atoms with Crippen LogP contribution in [-0.2, 0) is 0 Å². The number of nitrogens with one attached hydrogen (secondary N) is 2. The van der Waals surface area contributed by atoms with Crippen LogP contribution in [0.3, 0.4) is 0 Å². The van der Waals surface area contributed by atoms with E-state index in [9.17, 15) is 22.0 Å². The van der Waals surface area contributed by atoms with E-state index in [1.807, 2.05) is 0 Å². The highest BCUT2D eigenvalue weighted by Gasteiger charge is 2.40. The van der Waals surface area contributed by atoms with Gasteiger partial charge >= 0.3 is 0 Å². The number of aliphatic imine (C=N–C) groups is 3. The predicted octanol–water partition coefficient (Wildman–Crippen LogP) is 2.34. The number of aromatic nitrogens is 7. The quantitative estimate of drug-likeness (QED) is 0.191. The molecular weight excluding hydrogens is 550 g/mol. The van der Waals surface area contributed by atoms with E-state index in [1.54, 1.807) is 0 Å². The third-order valence-corrected chi connectivity index (χ3v) is 6.23. The normalized spacial score (nSPS) is 17.5. The van der Waals surface area contributed by atoms with Gasteiger partial charge in [-0.05, 0) is 6.92 Å². The maximum atomic E-state index is 14.4. The maximum absolute atomic E-state index is 14.4. The molecule has 4 aromatic rings. The lowest BCUT2D eigenvalue weighted by atomic mass is 9.83. The van der Waals surface area contributed by atoms with Crippen LogP contribution in [0.5, 0.6) is 0 Å². The van der Waals surface area contributed by atoms with E-state index in [0.717, 1.165) is 4.81 Å². The summed E-state index contributed by atoms with van der Waals surface area (Å²) in [5.41, 5.74) is -1.53. The summed E-state index contributed by atoms with van der Waals surface area (Å²) in [4.78, 5) is 38.9. The molecule has 191 valence electrons. The van der Waals surface area contributed by atoms with E-state index < -0.39 is 40.9 Å². The number of hydrogen-bond donors (Lipinski definition) is 2. The summed E-state index contributed by atoms with van der Waals surface area (Å²) in [5, 5.41) is 7.27. The summed E-state index contributed by atoms with van der Waals surface area (Å²) in [6.45, 7) is 1.34. The number of hydrogen-bond acceptors (Lipinski definition) is 10. The van der Waals surface area contributed by atoms with Gasteiger partial charge in [0.2, 0.25) is 5.95 Å². The van der Waals surface area contributed by atoms with Crippen LogP contribution in [0, 0.1) is 42.1 Å². The second-order valence-corrected chi connectivity index (χ2v) is 8.74. The van der Waals surface area contributed by atoms with Gasteiger partial charge in [-0.1, -0.05) is 0 Å². The van der Waals surface area contributed by atoms with E-state index in [1.165, 1.54) is 14.3 Å². The summed E-state index contributed by atoms with van der Waals surface area (Å²) >= 11 is 6.59. The van der Waals surface area contributed by atoms with Crippen molar-refractivity contribution in [3.8, 4) is 0 Å². The largest absolute Gasteiger partial charge is 0.356 e. The van der Waals surface area contributed by atoms with Crippen molar-refractivity contribution >= 4 is 59.2 Å². The first-order chi connectivity index (χ1) is 18.6. The zero-order chi connectivity index (χ0) is 27.3. The van der Waals surface area contributed by atoms with E-state index in [-0.39, 0.29) is 68.5 Å². The summed E-state index contributed by atoms with van der Waals surface area (Å²) in [6.07, 6.45) is 0. The third kappa shape index (κ3) is 3.30. The van der Waals surface area contributed by atoms with Gasteiger partial charge in [-0.15, -0.1) is 11.6 Å². The fourth-order valence-electron chi connectivity index (χ4n) is 4.16. The van der Waals surface area contributed by atoms with Gasteiger partial charge in [-0.25, -0.2) is 44.9 Å². The molecule has 2 N–H and O–H groups in total. The van der Waals surface area contributed by atoms with Crippen molar-refractivity contribution < 1.29 is 22.0 Å². The smallest absolute Gasteiger partial charge is 0.283 e. The standard InChI is InChI=1S/C20H6BClF5N12/c1-2-11(23)32-8-7(29-2)19-37-18(8)36-17-6-3(30-12(24)14(26)33-6)4(35-17)10(22)21-39-16(28)5-9(20(39)38-19)34-15(27)13(25)31-5/h10,28,35H,1H3. The molecule has 0 aliphatic carbocycles. The van der Waals surface area contributed by atoms with Crippen LogP contribution in [0.2, 0.25) is 0 Å². The van der Waals surface area contributed by atoms with Gasteiger partial charge in [0.25, 0.3) is 31.2 Å². The summed E-state index contributed by atoms with van der Waals surface area (Å²) in [5.74, 6) is -8.46. The molecule has 1 radical (unpaired) electrons. The first-order valence-electron chi connectivity index (χ1n) is 10.8. The molecule has 7 heterocycles. The molecular formula is C20H6BClF5N12. The molecule has 1 unspecified atom stereocenters. The molecule has 0 fully saturated rings. The first kappa shape index (κ1) is 23.4. The highest BCUT2D eigenvalue weighted by molar-refractivity contribution is 6.59. The lowest BCUT2D eigenvalue weighted by Gasteiger charge is -2.20. The summed E-state index contributed by atoms with van der Waals surface area (Å²) < 4.78 is 70.7. The molecule has 0 spiro atoms. The second kappa shape index (κ2) is 7.89. The Balaban J connectivity index is 1.56. The highest BCUT2D eigenvalue weighted by Crippen LogP contribution is 2.36. The summed E-state index contributed by atoms with van der Waals surface area (Å²) in [6, 6.07) is 0. The SMILES string of the molecule is Cc1nc2c(nc1F)C1=Nc3[nH]c(c4nc(F)c(F)nc34)C(Cl)[B]N3C(=N)c4nc(F)c(F)nc4C3=NC2=N1. The Hall–Kier alpha value is -4.74. The van der Waals surface area contributed by atoms with Gasteiger partial charge in [0, 0.05) is 0 Å². The van der Waals surface area contributed by atoms with Gasteiger partial charge in [-0.2, -0.15) is 22.0 Å². The molecule has 1 atom stereocenters. The number of rotatable bonds is 0. The average molecular weight is 556 g/mol. The van der Waals surface area contributed by atoms with Gasteiger partial charge in [-0.3, -0.25) is 5.41 Å². The predicted molar refractivity (Wildman–Crippen MR) is 125 cm³/mol. The van der Waals surface area contributed by atoms with Crippen molar-refractivity contribution in [3.05, 3.63) is 63.9 Å². The topological polar surface area (TPSA) is 157 Å². The molecule has 0 saturated heterocycles. The molecule has 3 aliphatic rings. The number of fused-ring (bicyclic) bond motifs is 12. The van der Waals surface area contributed by atoms with E-state index in [4.69, 9.17) is 17.0 Å². The maximum Gasteiger partial charge on any atom is 0.283 e. The Bertz CT molecular complexity index is 1920. The van der Waals surface area contributed by atoms with Gasteiger partial charge < -0.3 is 9.79 Å². The van der Waals surface area contributed by atoms with Gasteiger partial charge in [0.1, 0.15) is 39.6 Å².